The van der Waals surface area contributed by atoms with Crippen molar-refractivity contribution in [3.63, 3.8) is 0 Å². The van der Waals surface area contributed by atoms with E-state index in [1.54, 1.807) is 23.8 Å². The molecule has 1 aromatic rings. The Bertz CT molecular complexity index is 664. The van der Waals surface area contributed by atoms with Crippen molar-refractivity contribution in [1.82, 2.24) is 9.80 Å². The van der Waals surface area contributed by atoms with Gasteiger partial charge in [-0.2, -0.15) is 0 Å². The van der Waals surface area contributed by atoms with E-state index in [9.17, 15) is 19.5 Å². The third-order valence-electron chi connectivity index (χ3n) is 4.98. The van der Waals surface area contributed by atoms with Crippen molar-refractivity contribution in [2.45, 2.75) is 57.8 Å². The Balaban J connectivity index is 1.82. The average molecular weight is 390 g/mol. The van der Waals surface area contributed by atoms with E-state index in [-0.39, 0.29) is 37.6 Å². The van der Waals surface area contributed by atoms with Gasteiger partial charge in [0, 0.05) is 26.6 Å². The zero-order valence-electron chi connectivity index (χ0n) is 16.7. The Kier molecular flexibility index (Phi) is 8.60. The number of Topliss-reactive ketones (excluding diaryl/α,β-unsaturated/α-hetero) is 1. The quantitative estimate of drug-likeness (QED) is 0.484. The predicted molar refractivity (Wildman–Crippen MR) is 104 cm³/mol. The highest BCUT2D eigenvalue weighted by molar-refractivity contribution is 5.98. The highest BCUT2D eigenvalue weighted by atomic mass is 16.5. The number of rotatable bonds is 10. The summed E-state index contributed by atoms with van der Waals surface area (Å²) in [5, 5.41) is 10.5. The summed E-state index contributed by atoms with van der Waals surface area (Å²) in [6, 6.07) is 9.22. The molecule has 1 heterocycles. The van der Waals surface area contributed by atoms with Crippen LogP contribution in [0.4, 0.5) is 0 Å². The van der Waals surface area contributed by atoms with Crippen LogP contribution in [0, 0.1) is 0 Å². The molecule has 2 rings (SSSR count). The molecule has 0 spiro atoms. The number of benzene rings is 1. The van der Waals surface area contributed by atoms with Gasteiger partial charge in [-0.15, -0.1) is 0 Å². The highest BCUT2D eigenvalue weighted by Crippen LogP contribution is 2.23. The van der Waals surface area contributed by atoms with E-state index in [4.69, 9.17) is 4.74 Å². The molecule has 0 aliphatic carbocycles. The summed E-state index contributed by atoms with van der Waals surface area (Å²) in [6.45, 7) is 3.02. The number of aliphatic hydroxyl groups excluding tert-OH is 1. The van der Waals surface area contributed by atoms with Crippen LogP contribution in [0.5, 0.6) is 0 Å². The van der Waals surface area contributed by atoms with E-state index in [1.165, 1.54) is 0 Å². The fourth-order valence-electron chi connectivity index (χ4n) is 3.52. The van der Waals surface area contributed by atoms with Crippen molar-refractivity contribution in [1.29, 1.82) is 0 Å². The average Bonchev–Trinajstić information content (AvgIpc) is 3.16. The summed E-state index contributed by atoms with van der Waals surface area (Å²) in [5.74, 6) is -0.828. The topological polar surface area (TPSA) is 87.1 Å². The van der Waals surface area contributed by atoms with Gasteiger partial charge in [0.15, 0.2) is 5.78 Å². The zero-order chi connectivity index (χ0) is 20.5. The van der Waals surface area contributed by atoms with Gasteiger partial charge in [-0.05, 0) is 31.7 Å². The SMILES string of the molecule is CCOC(=O)CC(=O)[C@@H]1CCCN1C(O)CCC(=O)N(C)Cc1ccccc1. The number of hydrogen-bond donors (Lipinski definition) is 1. The van der Waals surface area contributed by atoms with Crippen LogP contribution < -0.4 is 0 Å². The molecule has 1 aromatic carbocycles. The molecule has 0 aromatic heterocycles. The molecule has 0 saturated carbocycles. The van der Waals surface area contributed by atoms with E-state index in [0.717, 1.165) is 12.0 Å². The van der Waals surface area contributed by atoms with E-state index in [1.807, 2.05) is 30.3 Å². The minimum atomic E-state index is -0.882. The number of amides is 1. The van der Waals surface area contributed by atoms with E-state index in [0.29, 0.717) is 19.5 Å². The maximum atomic E-state index is 12.4. The summed E-state index contributed by atoms with van der Waals surface area (Å²) < 4.78 is 4.83. The van der Waals surface area contributed by atoms with E-state index >= 15 is 0 Å². The number of carbonyl (C=O) groups excluding carboxylic acids is 3. The number of hydrogen-bond acceptors (Lipinski definition) is 6. The number of likely N-dealkylation sites (tertiary alicyclic amines) is 1. The van der Waals surface area contributed by atoms with Gasteiger partial charge in [0.05, 0.1) is 12.6 Å². The first-order valence-electron chi connectivity index (χ1n) is 9.82. The lowest BCUT2D eigenvalue weighted by atomic mass is 10.1. The van der Waals surface area contributed by atoms with E-state index in [2.05, 4.69) is 0 Å². The maximum Gasteiger partial charge on any atom is 0.313 e. The van der Waals surface area contributed by atoms with Gasteiger partial charge < -0.3 is 14.7 Å². The van der Waals surface area contributed by atoms with E-state index < -0.39 is 18.2 Å². The smallest absolute Gasteiger partial charge is 0.313 e. The van der Waals surface area contributed by atoms with Crippen LogP contribution in [-0.2, 0) is 25.7 Å². The van der Waals surface area contributed by atoms with Crippen LogP contribution in [0.3, 0.4) is 0 Å². The first-order valence-corrected chi connectivity index (χ1v) is 9.82. The number of ether oxygens (including phenoxy) is 1. The predicted octanol–water partition coefficient (Wildman–Crippen LogP) is 1.73. The van der Waals surface area contributed by atoms with Crippen molar-refractivity contribution < 1.29 is 24.2 Å². The Morgan fingerprint density at radius 2 is 2.00 bits per heavy atom. The second kappa shape index (κ2) is 10.9. The van der Waals surface area contributed by atoms with Gasteiger partial charge in [-0.1, -0.05) is 30.3 Å². The lowest BCUT2D eigenvalue weighted by Gasteiger charge is -2.29. The van der Waals surface area contributed by atoms with Gasteiger partial charge in [0.1, 0.15) is 12.6 Å². The first-order chi connectivity index (χ1) is 13.4. The number of aliphatic hydroxyl groups is 1. The fourth-order valence-corrected chi connectivity index (χ4v) is 3.52. The highest BCUT2D eigenvalue weighted by Gasteiger charge is 2.35. The molecule has 1 N–H and O–H groups in total. The molecule has 0 bridgehead atoms. The summed E-state index contributed by atoms with van der Waals surface area (Å²) in [4.78, 5) is 39.6. The van der Waals surface area contributed by atoms with Gasteiger partial charge in [0.25, 0.3) is 0 Å². The molecule has 2 atom stereocenters. The van der Waals surface area contributed by atoms with Crippen molar-refractivity contribution >= 4 is 17.7 Å². The van der Waals surface area contributed by atoms with Gasteiger partial charge in [-0.3, -0.25) is 19.3 Å². The van der Waals surface area contributed by atoms with Crippen molar-refractivity contribution in [3.05, 3.63) is 35.9 Å². The molecular weight excluding hydrogens is 360 g/mol. The lowest BCUT2D eigenvalue weighted by molar-refractivity contribution is -0.147. The van der Waals surface area contributed by atoms with Gasteiger partial charge >= 0.3 is 5.97 Å². The first kappa shape index (κ1) is 22.0. The minimum Gasteiger partial charge on any atom is -0.466 e. The van der Waals surface area contributed by atoms with Crippen LogP contribution in [0.15, 0.2) is 30.3 Å². The fraction of sp³-hybridized carbons (Fsp3) is 0.571. The normalized spacial score (nSPS) is 17.9. The lowest BCUT2D eigenvalue weighted by Crippen LogP contribution is -2.44. The third kappa shape index (κ3) is 6.42. The summed E-state index contributed by atoms with van der Waals surface area (Å²) in [6.07, 6.45) is 0.671. The largest absolute Gasteiger partial charge is 0.466 e. The Labute approximate surface area is 166 Å². The van der Waals surface area contributed by atoms with Crippen molar-refractivity contribution in [2.24, 2.45) is 0 Å². The summed E-state index contributed by atoms with van der Waals surface area (Å²) in [5.41, 5.74) is 1.04. The molecule has 1 unspecified atom stereocenters. The molecule has 7 nitrogen and oxygen atoms in total. The number of carbonyl (C=O) groups is 3. The summed E-state index contributed by atoms with van der Waals surface area (Å²) in [7, 11) is 1.74. The molecule has 1 aliphatic rings. The number of esters is 1. The molecule has 1 saturated heterocycles. The molecular formula is C21H30N2O5. The summed E-state index contributed by atoms with van der Waals surface area (Å²) >= 11 is 0. The molecule has 1 amide bonds. The van der Waals surface area contributed by atoms with Crippen LogP contribution in [0.2, 0.25) is 0 Å². The molecule has 28 heavy (non-hydrogen) atoms. The van der Waals surface area contributed by atoms with Crippen LogP contribution in [0.25, 0.3) is 0 Å². The zero-order valence-corrected chi connectivity index (χ0v) is 16.7. The molecule has 0 radical (unpaired) electrons. The molecule has 1 fully saturated rings. The minimum absolute atomic E-state index is 0.0588. The van der Waals surface area contributed by atoms with Crippen molar-refractivity contribution in [3.8, 4) is 0 Å². The molecule has 154 valence electrons. The van der Waals surface area contributed by atoms with Crippen molar-refractivity contribution in [2.75, 3.05) is 20.2 Å². The Morgan fingerprint density at radius 1 is 1.29 bits per heavy atom. The van der Waals surface area contributed by atoms with Crippen LogP contribution in [-0.4, -0.2) is 65.0 Å². The van der Waals surface area contributed by atoms with Crippen LogP contribution in [0.1, 0.15) is 44.6 Å². The standard InChI is InChI=1S/C21H30N2O5/c1-3-28-21(27)14-18(24)17-10-7-13-23(17)20(26)12-11-19(25)22(2)15-16-8-5-4-6-9-16/h4-6,8-9,17,20,26H,3,7,10-15H2,1-2H3/t17-,20?/m0/s1. The van der Waals surface area contributed by atoms with Gasteiger partial charge in [0.2, 0.25) is 5.91 Å². The monoisotopic (exact) mass is 390 g/mol. The van der Waals surface area contributed by atoms with Gasteiger partial charge in [-0.25, -0.2) is 0 Å². The Hall–Kier alpha value is -2.25. The third-order valence-corrected chi connectivity index (χ3v) is 4.98. The number of ketones is 1. The molecule has 7 heteroatoms. The second-order valence-electron chi connectivity index (χ2n) is 7.10. The number of nitrogens with zero attached hydrogens (tertiary/aromatic N) is 2. The maximum absolute atomic E-state index is 12.4. The Morgan fingerprint density at radius 3 is 2.68 bits per heavy atom. The second-order valence-corrected chi connectivity index (χ2v) is 7.10. The van der Waals surface area contributed by atoms with Crippen LogP contribution >= 0.6 is 0 Å². The molecule has 1 aliphatic heterocycles.